The molecule has 1 atom stereocenters. The number of para-hydroxylation sites is 1. The zero-order valence-electron chi connectivity index (χ0n) is 20.2. The second-order valence-corrected chi connectivity index (χ2v) is 9.64. The van der Waals surface area contributed by atoms with Crippen LogP contribution in [0.5, 0.6) is 5.75 Å². The molecule has 1 fully saturated rings. The van der Waals surface area contributed by atoms with Crippen molar-refractivity contribution in [2.75, 3.05) is 0 Å². The number of aromatic nitrogens is 1. The summed E-state index contributed by atoms with van der Waals surface area (Å²) in [6.45, 7) is 3.20. The summed E-state index contributed by atoms with van der Waals surface area (Å²) >= 11 is 6.62. The molecule has 5 rings (SSSR count). The van der Waals surface area contributed by atoms with Crippen molar-refractivity contribution in [3.63, 3.8) is 0 Å². The third-order valence-corrected chi connectivity index (χ3v) is 6.62. The predicted molar refractivity (Wildman–Crippen MR) is 137 cm³/mol. The van der Waals surface area contributed by atoms with Gasteiger partial charge < -0.3 is 19.2 Å². The Kier molecular flexibility index (Phi) is 6.36. The molecule has 186 valence electrons. The first-order chi connectivity index (χ1) is 17.8. The van der Waals surface area contributed by atoms with Crippen LogP contribution in [0.25, 0.3) is 10.9 Å². The van der Waals surface area contributed by atoms with Crippen LogP contribution in [0.15, 0.2) is 72.9 Å². The Morgan fingerprint density at radius 2 is 1.76 bits per heavy atom. The SMILES string of the molecule is CC1(C)OC(=O)C([C@H](c2ccc(OCc3ccccc3C#N)c(Cl)c2)c2c[nH]c3ccccc23)C(=O)O1. The highest BCUT2D eigenvalue weighted by atomic mass is 35.5. The fourth-order valence-electron chi connectivity index (χ4n) is 4.64. The lowest BCUT2D eigenvalue weighted by molar-refractivity contribution is -0.240. The number of ether oxygens (including phenoxy) is 3. The fraction of sp³-hybridized carbons (Fsp3) is 0.207. The standard InChI is InChI=1S/C29H23ClN2O5/c1-29(2)36-27(33)26(28(34)37-29)25(21-15-32-23-10-6-5-9-20(21)23)17-11-12-24(22(30)13-17)35-16-19-8-4-3-7-18(19)14-31/h3-13,15,25-26,32H,16H2,1-2H3/t25-/m1/s1. The third kappa shape index (κ3) is 4.76. The number of hydrogen-bond acceptors (Lipinski definition) is 6. The molecule has 0 bridgehead atoms. The molecule has 0 radical (unpaired) electrons. The summed E-state index contributed by atoms with van der Waals surface area (Å²) in [5, 5.41) is 10.5. The lowest BCUT2D eigenvalue weighted by atomic mass is 9.80. The van der Waals surface area contributed by atoms with Crippen LogP contribution in [0.4, 0.5) is 0 Å². The molecule has 4 aromatic rings. The molecule has 0 spiro atoms. The van der Waals surface area contributed by atoms with Gasteiger partial charge in [-0.15, -0.1) is 0 Å². The molecule has 0 aliphatic carbocycles. The first-order valence-electron chi connectivity index (χ1n) is 11.7. The molecule has 0 unspecified atom stereocenters. The molecule has 1 aliphatic rings. The lowest BCUT2D eigenvalue weighted by Crippen LogP contribution is -2.48. The summed E-state index contributed by atoms with van der Waals surface area (Å²) < 4.78 is 16.8. The average Bonchev–Trinajstić information content (AvgIpc) is 3.29. The number of nitrogens with zero attached hydrogens (tertiary/aromatic N) is 1. The molecular formula is C29H23ClN2O5. The molecule has 2 heterocycles. The Morgan fingerprint density at radius 3 is 2.49 bits per heavy atom. The van der Waals surface area contributed by atoms with Crippen LogP contribution in [0, 0.1) is 17.2 Å². The maximum Gasteiger partial charge on any atom is 0.324 e. The summed E-state index contributed by atoms with van der Waals surface area (Å²) in [4.78, 5) is 29.5. The van der Waals surface area contributed by atoms with E-state index in [1.165, 1.54) is 13.8 Å². The molecule has 0 saturated carbocycles. The molecule has 3 aromatic carbocycles. The van der Waals surface area contributed by atoms with Crippen molar-refractivity contribution in [3.8, 4) is 11.8 Å². The number of carbonyl (C=O) groups is 2. The van der Waals surface area contributed by atoms with E-state index in [1.54, 1.807) is 36.5 Å². The topological polar surface area (TPSA) is 101 Å². The predicted octanol–water partition coefficient (Wildman–Crippen LogP) is 5.86. The Hall–Kier alpha value is -4.28. The molecule has 1 saturated heterocycles. The molecule has 37 heavy (non-hydrogen) atoms. The second-order valence-electron chi connectivity index (χ2n) is 9.23. The first-order valence-corrected chi connectivity index (χ1v) is 12.1. The van der Waals surface area contributed by atoms with Gasteiger partial charge in [-0.05, 0) is 35.4 Å². The van der Waals surface area contributed by atoms with Crippen molar-refractivity contribution in [1.82, 2.24) is 4.98 Å². The van der Waals surface area contributed by atoms with Crippen molar-refractivity contribution < 1.29 is 23.8 Å². The number of esters is 2. The van der Waals surface area contributed by atoms with E-state index in [2.05, 4.69) is 11.1 Å². The normalized spacial score (nSPS) is 16.1. The summed E-state index contributed by atoms with van der Waals surface area (Å²) in [7, 11) is 0. The van der Waals surface area contributed by atoms with Crippen molar-refractivity contribution in [2.24, 2.45) is 5.92 Å². The van der Waals surface area contributed by atoms with Gasteiger partial charge in [-0.25, -0.2) is 0 Å². The van der Waals surface area contributed by atoms with Crippen molar-refractivity contribution in [1.29, 1.82) is 5.26 Å². The van der Waals surface area contributed by atoms with E-state index >= 15 is 0 Å². The summed E-state index contributed by atoms with van der Waals surface area (Å²) in [5.41, 5.74) is 3.48. The lowest BCUT2D eigenvalue weighted by Gasteiger charge is -2.36. The van der Waals surface area contributed by atoms with Crippen LogP contribution in [0.3, 0.4) is 0 Å². The largest absolute Gasteiger partial charge is 0.487 e. The van der Waals surface area contributed by atoms with Gasteiger partial charge in [-0.2, -0.15) is 5.26 Å². The Labute approximate surface area is 218 Å². The van der Waals surface area contributed by atoms with E-state index < -0.39 is 29.6 Å². The minimum atomic E-state index is -1.34. The fourth-order valence-corrected chi connectivity index (χ4v) is 4.89. The van der Waals surface area contributed by atoms with Crippen LogP contribution < -0.4 is 4.74 Å². The molecule has 1 N–H and O–H groups in total. The highest BCUT2D eigenvalue weighted by Gasteiger charge is 2.48. The molecule has 1 aromatic heterocycles. The summed E-state index contributed by atoms with van der Waals surface area (Å²) in [6, 6.07) is 22.1. The van der Waals surface area contributed by atoms with E-state index in [0.717, 1.165) is 22.0 Å². The summed E-state index contributed by atoms with van der Waals surface area (Å²) in [6.07, 6.45) is 1.78. The number of halogens is 1. The summed E-state index contributed by atoms with van der Waals surface area (Å²) in [5.74, 6) is -4.21. The van der Waals surface area contributed by atoms with E-state index in [-0.39, 0.29) is 6.61 Å². The van der Waals surface area contributed by atoms with Crippen LogP contribution >= 0.6 is 11.6 Å². The maximum atomic E-state index is 13.1. The van der Waals surface area contributed by atoms with Gasteiger partial charge in [-0.1, -0.05) is 54.1 Å². The third-order valence-electron chi connectivity index (χ3n) is 6.33. The maximum absolute atomic E-state index is 13.1. The van der Waals surface area contributed by atoms with Gasteiger partial charge in [0.25, 0.3) is 5.79 Å². The number of rotatable bonds is 6. The van der Waals surface area contributed by atoms with Crippen molar-refractivity contribution in [3.05, 3.63) is 100 Å². The number of cyclic esters (lactones) is 2. The number of fused-ring (bicyclic) bond motifs is 1. The van der Waals surface area contributed by atoms with Gasteiger partial charge in [0, 0.05) is 42.4 Å². The highest BCUT2D eigenvalue weighted by Crippen LogP contribution is 2.42. The minimum Gasteiger partial charge on any atom is -0.487 e. The van der Waals surface area contributed by atoms with E-state index in [9.17, 15) is 14.9 Å². The van der Waals surface area contributed by atoms with Gasteiger partial charge >= 0.3 is 11.9 Å². The quantitative estimate of drug-likeness (QED) is 0.255. The zero-order valence-corrected chi connectivity index (χ0v) is 20.9. The van der Waals surface area contributed by atoms with Crippen molar-refractivity contribution in [2.45, 2.75) is 32.2 Å². The monoisotopic (exact) mass is 514 g/mol. The molecule has 8 heteroatoms. The smallest absolute Gasteiger partial charge is 0.324 e. The number of hydrogen-bond donors (Lipinski definition) is 1. The second kappa shape index (κ2) is 9.64. The van der Waals surface area contributed by atoms with Crippen LogP contribution in [-0.4, -0.2) is 22.7 Å². The van der Waals surface area contributed by atoms with Crippen LogP contribution in [0.1, 0.15) is 42.0 Å². The van der Waals surface area contributed by atoms with E-state index in [1.807, 2.05) is 36.4 Å². The number of nitrogens with one attached hydrogen (secondary N) is 1. The first kappa shape index (κ1) is 24.4. The van der Waals surface area contributed by atoms with Gasteiger partial charge in [0.2, 0.25) is 0 Å². The number of nitriles is 1. The Morgan fingerprint density at radius 1 is 1.05 bits per heavy atom. The molecular weight excluding hydrogens is 492 g/mol. The molecule has 1 aliphatic heterocycles. The molecule has 7 nitrogen and oxygen atoms in total. The highest BCUT2D eigenvalue weighted by molar-refractivity contribution is 6.32. The number of benzene rings is 3. The zero-order chi connectivity index (χ0) is 26.2. The number of carbonyl (C=O) groups excluding carboxylic acids is 2. The average molecular weight is 515 g/mol. The van der Waals surface area contributed by atoms with Gasteiger partial charge in [0.15, 0.2) is 5.92 Å². The van der Waals surface area contributed by atoms with Crippen LogP contribution in [-0.2, 0) is 25.7 Å². The van der Waals surface area contributed by atoms with Gasteiger partial charge in [0.05, 0.1) is 16.7 Å². The molecule has 0 amide bonds. The Bertz CT molecular complexity index is 1530. The van der Waals surface area contributed by atoms with Crippen LogP contribution in [0.2, 0.25) is 5.02 Å². The van der Waals surface area contributed by atoms with E-state index in [0.29, 0.717) is 21.9 Å². The number of H-pyrrole nitrogens is 1. The minimum absolute atomic E-state index is 0.158. The van der Waals surface area contributed by atoms with Gasteiger partial charge in [0.1, 0.15) is 12.4 Å². The Balaban J connectivity index is 1.53. The van der Waals surface area contributed by atoms with Crippen molar-refractivity contribution >= 4 is 34.4 Å². The van der Waals surface area contributed by atoms with Gasteiger partial charge in [-0.3, -0.25) is 9.59 Å². The van der Waals surface area contributed by atoms with E-state index in [4.69, 9.17) is 25.8 Å². The number of aromatic amines is 1.